The Bertz CT molecular complexity index is 631. The predicted molar refractivity (Wildman–Crippen MR) is 91.8 cm³/mol. The number of imide groups is 1. The first kappa shape index (κ1) is 16.8. The molecule has 1 aromatic rings. The van der Waals surface area contributed by atoms with Crippen molar-refractivity contribution in [2.45, 2.75) is 30.2 Å². The van der Waals surface area contributed by atoms with Gasteiger partial charge in [0, 0.05) is 24.4 Å². The van der Waals surface area contributed by atoms with Gasteiger partial charge in [0.1, 0.15) is 0 Å². The van der Waals surface area contributed by atoms with E-state index in [1.54, 1.807) is 16.7 Å². The number of aryl methyl sites for hydroxylation is 1. The van der Waals surface area contributed by atoms with E-state index >= 15 is 0 Å². The highest BCUT2D eigenvalue weighted by Gasteiger charge is 2.39. The average molecular weight is 347 g/mol. The Morgan fingerprint density at radius 3 is 2.67 bits per heavy atom. The second-order valence-electron chi connectivity index (χ2n) is 6.05. The van der Waals surface area contributed by atoms with E-state index in [4.69, 9.17) is 0 Å². The van der Waals surface area contributed by atoms with Crippen LogP contribution in [0.25, 0.3) is 0 Å². The molecule has 24 heavy (non-hydrogen) atoms. The summed E-state index contributed by atoms with van der Waals surface area (Å²) in [4.78, 5) is 40.1. The number of carbonyl (C=O) groups is 3. The van der Waals surface area contributed by atoms with E-state index in [-0.39, 0.29) is 30.4 Å². The van der Waals surface area contributed by atoms with Crippen molar-refractivity contribution in [3.63, 3.8) is 0 Å². The molecule has 128 valence electrons. The molecule has 1 atom stereocenters. The molecule has 7 heteroatoms. The van der Waals surface area contributed by atoms with Gasteiger partial charge in [-0.25, -0.2) is 4.79 Å². The maximum absolute atomic E-state index is 12.4. The van der Waals surface area contributed by atoms with Gasteiger partial charge in [0.15, 0.2) is 0 Å². The van der Waals surface area contributed by atoms with Crippen LogP contribution in [0.4, 0.5) is 4.79 Å². The minimum absolute atomic E-state index is 0.0648. The fourth-order valence-electron chi connectivity index (χ4n) is 3.18. The molecule has 2 heterocycles. The van der Waals surface area contributed by atoms with Gasteiger partial charge >= 0.3 is 6.03 Å². The van der Waals surface area contributed by atoms with Crippen LogP contribution in [0.2, 0.25) is 0 Å². The lowest BCUT2D eigenvalue weighted by Crippen LogP contribution is -2.42. The van der Waals surface area contributed by atoms with Crippen molar-refractivity contribution in [2.24, 2.45) is 0 Å². The molecular formula is C17H21N3O3S. The number of thioether (sulfide) groups is 1. The number of nitrogens with one attached hydrogen (secondary N) is 1. The van der Waals surface area contributed by atoms with E-state index in [1.165, 1.54) is 9.80 Å². The standard InChI is InChI=1S/C17H21N3O3S/c1-24-14-5-2-12(3-6-14)4-7-15(21)19-9-8-13(11-19)20-16(22)10-18-17(20)23/h2-3,5-6,13H,4,7-11H2,1H3,(H,18,23)/t13-/m1/s1. The number of amides is 4. The lowest BCUT2D eigenvalue weighted by Gasteiger charge is -2.21. The van der Waals surface area contributed by atoms with Crippen LogP contribution in [0.1, 0.15) is 18.4 Å². The van der Waals surface area contributed by atoms with Crippen LogP contribution in [0, 0.1) is 0 Å². The number of likely N-dealkylation sites (tertiary alicyclic amines) is 1. The molecule has 0 unspecified atom stereocenters. The Hall–Kier alpha value is -2.02. The maximum Gasteiger partial charge on any atom is 0.324 e. The van der Waals surface area contributed by atoms with Crippen LogP contribution in [0.15, 0.2) is 29.2 Å². The summed E-state index contributed by atoms with van der Waals surface area (Å²) in [5, 5.41) is 2.53. The van der Waals surface area contributed by atoms with Crippen molar-refractivity contribution in [1.82, 2.24) is 15.1 Å². The first-order valence-electron chi connectivity index (χ1n) is 8.09. The maximum atomic E-state index is 12.4. The number of hydrogen-bond donors (Lipinski definition) is 1. The zero-order valence-electron chi connectivity index (χ0n) is 13.7. The lowest BCUT2D eigenvalue weighted by molar-refractivity contribution is -0.131. The Morgan fingerprint density at radius 1 is 1.29 bits per heavy atom. The summed E-state index contributed by atoms with van der Waals surface area (Å²) in [5.74, 6) is -0.119. The normalized spacial score (nSPS) is 20.6. The van der Waals surface area contributed by atoms with Gasteiger partial charge in [-0.3, -0.25) is 14.5 Å². The summed E-state index contributed by atoms with van der Waals surface area (Å²) < 4.78 is 0. The van der Waals surface area contributed by atoms with Gasteiger partial charge in [-0.1, -0.05) is 12.1 Å². The van der Waals surface area contributed by atoms with Crippen LogP contribution >= 0.6 is 11.8 Å². The Labute approximate surface area is 145 Å². The van der Waals surface area contributed by atoms with E-state index in [9.17, 15) is 14.4 Å². The van der Waals surface area contributed by atoms with Crippen LogP contribution in [0.5, 0.6) is 0 Å². The lowest BCUT2D eigenvalue weighted by atomic mass is 10.1. The minimum atomic E-state index is -0.340. The summed E-state index contributed by atoms with van der Waals surface area (Å²) in [6.07, 6.45) is 3.85. The molecule has 2 fully saturated rings. The Kier molecular flexibility index (Phi) is 5.08. The Morgan fingerprint density at radius 2 is 2.04 bits per heavy atom. The smallest absolute Gasteiger partial charge is 0.324 e. The van der Waals surface area contributed by atoms with Crippen LogP contribution in [-0.2, 0) is 16.0 Å². The number of benzene rings is 1. The fraction of sp³-hybridized carbons (Fsp3) is 0.471. The molecule has 1 aromatic carbocycles. The zero-order chi connectivity index (χ0) is 17.1. The third-order valence-electron chi connectivity index (χ3n) is 4.55. The SMILES string of the molecule is CSc1ccc(CCC(=O)N2CC[C@@H](N3C(=O)CNC3=O)C2)cc1. The first-order valence-corrected chi connectivity index (χ1v) is 9.31. The van der Waals surface area contributed by atoms with Crippen molar-refractivity contribution >= 4 is 29.6 Å². The highest BCUT2D eigenvalue weighted by Crippen LogP contribution is 2.20. The van der Waals surface area contributed by atoms with Gasteiger partial charge in [0.2, 0.25) is 11.8 Å². The average Bonchev–Trinajstić information content (AvgIpc) is 3.20. The molecular weight excluding hydrogens is 326 g/mol. The third-order valence-corrected chi connectivity index (χ3v) is 5.29. The number of nitrogens with zero attached hydrogens (tertiary/aromatic N) is 2. The van der Waals surface area contributed by atoms with Gasteiger partial charge in [-0.15, -0.1) is 11.8 Å². The molecule has 2 aliphatic heterocycles. The van der Waals surface area contributed by atoms with Crippen molar-refractivity contribution in [2.75, 3.05) is 25.9 Å². The molecule has 0 aliphatic carbocycles. The number of hydrogen-bond acceptors (Lipinski definition) is 4. The zero-order valence-corrected chi connectivity index (χ0v) is 14.5. The highest BCUT2D eigenvalue weighted by atomic mass is 32.2. The van der Waals surface area contributed by atoms with Gasteiger partial charge in [-0.05, 0) is 36.8 Å². The summed E-state index contributed by atoms with van der Waals surface area (Å²) in [6, 6.07) is 7.71. The predicted octanol–water partition coefficient (Wildman–Crippen LogP) is 1.49. The van der Waals surface area contributed by atoms with Gasteiger partial charge in [0.25, 0.3) is 0 Å². The molecule has 3 rings (SSSR count). The highest BCUT2D eigenvalue weighted by molar-refractivity contribution is 7.98. The Balaban J connectivity index is 1.51. The van der Waals surface area contributed by atoms with Gasteiger partial charge in [0.05, 0.1) is 12.6 Å². The number of urea groups is 1. The van der Waals surface area contributed by atoms with Crippen molar-refractivity contribution < 1.29 is 14.4 Å². The van der Waals surface area contributed by atoms with Gasteiger partial charge in [-0.2, -0.15) is 0 Å². The second-order valence-corrected chi connectivity index (χ2v) is 6.93. The van der Waals surface area contributed by atoms with Crippen LogP contribution in [0.3, 0.4) is 0 Å². The van der Waals surface area contributed by atoms with E-state index < -0.39 is 0 Å². The van der Waals surface area contributed by atoms with Gasteiger partial charge < -0.3 is 10.2 Å². The molecule has 0 saturated carbocycles. The molecule has 0 spiro atoms. The molecule has 4 amide bonds. The van der Waals surface area contributed by atoms with E-state index in [1.807, 2.05) is 6.26 Å². The quantitative estimate of drug-likeness (QED) is 0.647. The fourth-order valence-corrected chi connectivity index (χ4v) is 3.59. The summed E-state index contributed by atoms with van der Waals surface area (Å²) in [5.41, 5.74) is 1.14. The largest absolute Gasteiger partial charge is 0.341 e. The minimum Gasteiger partial charge on any atom is -0.341 e. The van der Waals surface area contributed by atoms with E-state index in [0.717, 1.165) is 5.56 Å². The molecule has 0 radical (unpaired) electrons. The molecule has 1 N–H and O–H groups in total. The topological polar surface area (TPSA) is 69.7 Å². The number of carbonyl (C=O) groups excluding carboxylic acids is 3. The number of rotatable bonds is 5. The van der Waals surface area contributed by atoms with Crippen LogP contribution in [-0.4, -0.2) is 59.6 Å². The van der Waals surface area contributed by atoms with Crippen molar-refractivity contribution in [3.8, 4) is 0 Å². The summed E-state index contributed by atoms with van der Waals surface area (Å²) >= 11 is 1.69. The van der Waals surface area contributed by atoms with E-state index in [2.05, 4.69) is 29.6 Å². The summed E-state index contributed by atoms with van der Waals surface area (Å²) in [6.45, 7) is 1.12. The molecule has 2 saturated heterocycles. The second kappa shape index (κ2) is 7.25. The van der Waals surface area contributed by atoms with Crippen molar-refractivity contribution in [3.05, 3.63) is 29.8 Å². The molecule has 2 aliphatic rings. The summed E-state index contributed by atoms with van der Waals surface area (Å²) in [7, 11) is 0. The molecule has 0 bridgehead atoms. The van der Waals surface area contributed by atoms with E-state index in [0.29, 0.717) is 32.4 Å². The first-order chi connectivity index (χ1) is 11.6. The monoisotopic (exact) mass is 347 g/mol. The molecule has 6 nitrogen and oxygen atoms in total. The third kappa shape index (κ3) is 3.56. The van der Waals surface area contributed by atoms with Crippen molar-refractivity contribution in [1.29, 1.82) is 0 Å². The van der Waals surface area contributed by atoms with Crippen LogP contribution < -0.4 is 5.32 Å². The molecule has 0 aromatic heterocycles.